The monoisotopic (exact) mass is 473 g/mol. The molecule has 188 valence electrons. The molecule has 1 aromatic rings. The van der Waals surface area contributed by atoms with Crippen molar-refractivity contribution in [2.45, 2.75) is 79.1 Å². The van der Waals surface area contributed by atoms with Crippen LogP contribution in [0.15, 0.2) is 40.1 Å². The molecule has 0 fully saturated rings. The summed E-state index contributed by atoms with van der Waals surface area (Å²) in [6, 6.07) is 0. The summed E-state index contributed by atoms with van der Waals surface area (Å²) >= 11 is 0. The van der Waals surface area contributed by atoms with Crippen molar-refractivity contribution in [2.24, 2.45) is 17.8 Å². The summed E-state index contributed by atoms with van der Waals surface area (Å²) in [6.45, 7) is 11.6. The van der Waals surface area contributed by atoms with Gasteiger partial charge in [0.1, 0.15) is 23.8 Å². The maximum atomic E-state index is 12.8. The zero-order valence-electron chi connectivity index (χ0n) is 21.4. The van der Waals surface area contributed by atoms with Gasteiger partial charge in [0.15, 0.2) is 12.0 Å². The second-order valence-electron chi connectivity index (χ2n) is 9.49. The average molecular weight is 474 g/mol. The van der Waals surface area contributed by atoms with E-state index in [0.29, 0.717) is 23.1 Å². The summed E-state index contributed by atoms with van der Waals surface area (Å²) in [4.78, 5) is 29.8. The summed E-state index contributed by atoms with van der Waals surface area (Å²) in [6.07, 6.45) is 7.43. The van der Waals surface area contributed by atoms with Gasteiger partial charge in [0.25, 0.3) is 0 Å². The van der Waals surface area contributed by atoms with Gasteiger partial charge in [-0.1, -0.05) is 38.5 Å². The normalized spacial score (nSPS) is 33.2. The first kappa shape index (κ1) is 27.7. The number of Topliss-reactive ketones (excluding diaryl/α,β-unsaturated/α-hetero) is 1. The van der Waals surface area contributed by atoms with Crippen molar-refractivity contribution in [1.29, 1.82) is 0 Å². The lowest BCUT2D eigenvalue weighted by atomic mass is 9.79. The first-order chi connectivity index (χ1) is 16.0. The van der Waals surface area contributed by atoms with Gasteiger partial charge in [-0.05, 0) is 49.8 Å². The van der Waals surface area contributed by atoms with E-state index < -0.39 is 24.3 Å². The Labute approximate surface area is 202 Å². The number of carbonyl (C=O) groups excluding carboxylic acids is 2. The summed E-state index contributed by atoms with van der Waals surface area (Å²) < 4.78 is 16.8. The minimum absolute atomic E-state index is 0.0457. The SMILES string of the molecule is CO[C@H]1/C=C(C)\C=C\C[C@H](C)[C@H](C)[C@@H](C)C(=O)C[C@@H](O)CC(=O)O[C@@H]1/C(C)=C/c1coc(C)n1. The Bertz CT molecular complexity index is 927. The summed E-state index contributed by atoms with van der Waals surface area (Å²) in [5.74, 6) is 0.122. The molecule has 34 heavy (non-hydrogen) atoms. The minimum atomic E-state index is -1.10. The van der Waals surface area contributed by atoms with E-state index in [1.807, 2.05) is 32.9 Å². The van der Waals surface area contributed by atoms with Gasteiger partial charge in [-0.2, -0.15) is 0 Å². The Morgan fingerprint density at radius 3 is 2.53 bits per heavy atom. The largest absolute Gasteiger partial charge is 0.455 e. The van der Waals surface area contributed by atoms with Crippen LogP contribution in [-0.4, -0.2) is 47.3 Å². The van der Waals surface area contributed by atoms with E-state index >= 15 is 0 Å². The molecule has 2 heterocycles. The van der Waals surface area contributed by atoms with Crippen molar-refractivity contribution >= 4 is 17.8 Å². The number of rotatable bonds is 3. The molecule has 0 aromatic carbocycles. The average Bonchev–Trinajstić information content (AvgIpc) is 3.18. The number of aliphatic hydroxyl groups is 1. The number of oxazole rings is 1. The van der Waals surface area contributed by atoms with Crippen LogP contribution in [0.3, 0.4) is 0 Å². The predicted octanol–water partition coefficient (Wildman–Crippen LogP) is 4.84. The number of aromatic nitrogens is 1. The Hall–Kier alpha value is -2.51. The lowest BCUT2D eigenvalue weighted by molar-refractivity contribution is -0.154. The Morgan fingerprint density at radius 2 is 1.91 bits per heavy atom. The number of methoxy groups -OCH3 is 1. The standard InChI is InChI=1S/C27H39NO6/c1-16-9-8-10-17(2)19(4)20(5)24(30)13-23(29)14-26(31)34-27(25(11-16)32-7)18(3)12-22-15-33-21(6)28-22/h8-9,11-12,15,17,19-20,23,25,27,29H,10,13-14H2,1-7H3/b9-8+,16-11-,18-12+/t17-,19-,20+,23+,25-,27+/m0/s1. The number of esters is 1. The highest BCUT2D eigenvalue weighted by Gasteiger charge is 2.30. The molecular formula is C27H39NO6. The van der Waals surface area contributed by atoms with Crippen LogP contribution in [-0.2, 0) is 19.1 Å². The third-order valence-corrected chi connectivity index (χ3v) is 6.64. The number of hydrogen-bond acceptors (Lipinski definition) is 7. The summed E-state index contributed by atoms with van der Waals surface area (Å²) in [5.41, 5.74) is 2.29. The summed E-state index contributed by atoms with van der Waals surface area (Å²) in [5, 5.41) is 10.4. The number of cyclic esters (lactones) is 1. The number of ketones is 1. The van der Waals surface area contributed by atoms with Gasteiger partial charge >= 0.3 is 5.97 Å². The second kappa shape index (κ2) is 12.8. The van der Waals surface area contributed by atoms with Gasteiger partial charge in [0, 0.05) is 26.4 Å². The fourth-order valence-corrected chi connectivity index (χ4v) is 4.12. The number of aryl methyl sites for hydroxylation is 1. The van der Waals surface area contributed by atoms with Crippen molar-refractivity contribution in [2.75, 3.05) is 7.11 Å². The van der Waals surface area contributed by atoms with Gasteiger partial charge in [-0.25, -0.2) is 4.98 Å². The van der Waals surface area contributed by atoms with Gasteiger partial charge in [-0.3, -0.25) is 9.59 Å². The highest BCUT2D eigenvalue weighted by Crippen LogP contribution is 2.27. The molecule has 7 heteroatoms. The van der Waals surface area contributed by atoms with Crippen molar-refractivity contribution < 1.29 is 28.6 Å². The van der Waals surface area contributed by atoms with E-state index in [0.717, 1.165) is 12.0 Å². The molecule has 0 aliphatic carbocycles. The van der Waals surface area contributed by atoms with Gasteiger partial charge in [0.05, 0.1) is 12.5 Å². The van der Waals surface area contributed by atoms with E-state index in [-0.39, 0.29) is 30.5 Å². The van der Waals surface area contributed by atoms with Crippen LogP contribution in [0.5, 0.6) is 0 Å². The lowest BCUT2D eigenvalue weighted by Gasteiger charge is -2.27. The Balaban J connectivity index is 2.41. The highest BCUT2D eigenvalue weighted by atomic mass is 16.6. The van der Waals surface area contributed by atoms with E-state index in [4.69, 9.17) is 13.9 Å². The van der Waals surface area contributed by atoms with Crippen LogP contribution in [0, 0.1) is 24.7 Å². The number of ether oxygens (including phenoxy) is 2. The fraction of sp³-hybridized carbons (Fsp3) is 0.593. The molecule has 1 aromatic heterocycles. The quantitative estimate of drug-likeness (QED) is 0.627. The van der Waals surface area contributed by atoms with Crippen molar-refractivity contribution in [3.63, 3.8) is 0 Å². The van der Waals surface area contributed by atoms with E-state index in [1.54, 1.807) is 20.1 Å². The smallest absolute Gasteiger partial charge is 0.309 e. The van der Waals surface area contributed by atoms with E-state index in [1.165, 1.54) is 6.26 Å². The molecular weight excluding hydrogens is 434 g/mol. The van der Waals surface area contributed by atoms with Crippen LogP contribution >= 0.6 is 0 Å². The Kier molecular flexibility index (Phi) is 10.5. The maximum absolute atomic E-state index is 12.8. The second-order valence-corrected chi connectivity index (χ2v) is 9.49. The van der Waals surface area contributed by atoms with Crippen LogP contribution in [0.2, 0.25) is 0 Å². The summed E-state index contributed by atoms with van der Waals surface area (Å²) in [7, 11) is 1.56. The molecule has 7 nitrogen and oxygen atoms in total. The fourth-order valence-electron chi connectivity index (χ4n) is 4.12. The number of hydrogen-bond donors (Lipinski definition) is 1. The first-order valence-electron chi connectivity index (χ1n) is 11.9. The zero-order valence-corrected chi connectivity index (χ0v) is 21.4. The number of carbonyl (C=O) groups is 2. The van der Waals surface area contributed by atoms with Crippen LogP contribution in [0.25, 0.3) is 6.08 Å². The molecule has 6 atom stereocenters. The number of nitrogens with zero attached hydrogens (tertiary/aromatic N) is 1. The van der Waals surface area contributed by atoms with Gasteiger partial charge < -0.3 is 19.0 Å². The molecule has 0 unspecified atom stereocenters. The van der Waals surface area contributed by atoms with Crippen molar-refractivity contribution in [3.8, 4) is 0 Å². The molecule has 1 aliphatic rings. The Morgan fingerprint density at radius 1 is 1.21 bits per heavy atom. The molecule has 0 radical (unpaired) electrons. The molecule has 1 aliphatic heterocycles. The molecule has 1 N–H and O–H groups in total. The van der Waals surface area contributed by atoms with Crippen LogP contribution < -0.4 is 0 Å². The van der Waals surface area contributed by atoms with E-state index in [9.17, 15) is 14.7 Å². The topological polar surface area (TPSA) is 98.9 Å². The lowest BCUT2D eigenvalue weighted by Crippen LogP contribution is -2.34. The molecule has 0 saturated heterocycles. The first-order valence-corrected chi connectivity index (χ1v) is 11.9. The molecule has 0 spiro atoms. The number of allylic oxidation sites excluding steroid dienone is 3. The highest BCUT2D eigenvalue weighted by molar-refractivity contribution is 5.82. The van der Waals surface area contributed by atoms with Crippen molar-refractivity contribution in [3.05, 3.63) is 47.2 Å². The predicted molar refractivity (Wildman–Crippen MR) is 131 cm³/mol. The van der Waals surface area contributed by atoms with Crippen LogP contribution in [0.1, 0.15) is 65.5 Å². The van der Waals surface area contributed by atoms with Crippen LogP contribution in [0.4, 0.5) is 0 Å². The van der Waals surface area contributed by atoms with Gasteiger partial charge in [0.2, 0.25) is 0 Å². The molecule has 2 rings (SSSR count). The third kappa shape index (κ3) is 8.06. The molecule has 0 bridgehead atoms. The van der Waals surface area contributed by atoms with E-state index in [2.05, 4.69) is 24.9 Å². The third-order valence-electron chi connectivity index (χ3n) is 6.64. The maximum Gasteiger partial charge on any atom is 0.309 e. The minimum Gasteiger partial charge on any atom is -0.455 e. The number of aliphatic hydroxyl groups excluding tert-OH is 1. The van der Waals surface area contributed by atoms with Gasteiger partial charge in [-0.15, -0.1) is 0 Å². The molecule has 0 amide bonds. The zero-order chi connectivity index (χ0) is 25.4. The van der Waals surface area contributed by atoms with Crippen molar-refractivity contribution in [1.82, 2.24) is 4.98 Å². The molecule has 0 saturated carbocycles.